The minimum Gasteiger partial charge on any atom is -0.321 e. The maximum Gasteiger partial charge on any atom is 0.258 e. The molecule has 1 atom stereocenters. The van der Waals surface area contributed by atoms with E-state index in [9.17, 15) is 9.59 Å². The van der Waals surface area contributed by atoms with Crippen molar-refractivity contribution in [3.63, 3.8) is 0 Å². The first-order valence-electron chi connectivity index (χ1n) is 14.0. The molecule has 7 rings (SSSR count). The molecule has 43 heavy (non-hydrogen) atoms. The number of hydrogen-bond donors (Lipinski definition) is 1. The van der Waals surface area contributed by atoms with E-state index in [2.05, 4.69) is 20.9 Å². The molecule has 2 aromatic heterocycles. The molecule has 1 aliphatic heterocycles. The smallest absolute Gasteiger partial charge is 0.258 e. The van der Waals surface area contributed by atoms with Crippen LogP contribution < -0.4 is 5.56 Å². The number of aromatic amines is 1. The number of nitrogens with one attached hydrogen (secondary N) is 1. The van der Waals surface area contributed by atoms with Crippen LogP contribution in [0.1, 0.15) is 30.5 Å². The Bertz CT molecular complexity index is 2070. The maximum absolute atomic E-state index is 13.8. The highest BCUT2D eigenvalue weighted by Gasteiger charge is 2.36. The van der Waals surface area contributed by atoms with Crippen LogP contribution in [0, 0.1) is 0 Å². The zero-order valence-corrected chi connectivity index (χ0v) is 24.8. The summed E-state index contributed by atoms with van der Waals surface area (Å²) in [6.45, 7) is 1.50. The number of aromatic nitrogens is 3. The molecule has 4 aromatic carbocycles. The van der Waals surface area contributed by atoms with Crippen LogP contribution in [0.5, 0.6) is 0 Å². The van der Waals surface area contributed by atoms with Gasteiger partial charge in [0.2, 0.25) is 5.91 Å². The molecule has 0 spiro atoms. The third-order valence-electron chi connectivity index (χ3n) is 7.73. The number of nitrogens with zero attached hydrogens (tertiary/aromatic N) is 4. The summed E-state index contributed by atoms with van der Waals surface area (Å²) in [6, 6.07) is 35.0. The Balaban J connectivity index is 1.42. The van der Waals surface area contributed by atoms with E-state index < -0.39 is 6.04 Å². The zero-order valence-electron chi connectivity index (χ0n) is 23.2. The Morgan fingerprint density at radius 1 is 0.860 bits per heavy atom. The molecule has 0 fully saturated rings. The van der Waals surface area contributed by atoms with Crippen molar-refractivity contribution in [2.45, 2.75) is 19.4 Å². The molecular weight excluding hydrogens is 602 g/mol. The number of amides is 1. The van der Waals surface area contributed by atoms with Crippen molar-refractivity contribution in [1.82, 2.24) is 19.8 Å². The van der Waals surface area contributed by atoms with Crippen LogP contribution in [0.15, 0.2) is 130 Å². The van der Waals surface area contributed by atoms with E-state index in [0.29, 0.717) is 17.7 Å². The molecule has 3 heterocycles. The second-order valence-electron chi connectivity index (χ2n) is 10.5. The maximum atomic E-state index is 13.8. The Labute approximate surface area is 256 Å². The number of pyridine rings is 1. The lowest BCUT2D eigenvalue weighted by atomic mass is 9.90. The molecule has 7 nitrogen and oxygen atoms in total. The van der Waals surface area contributed by atoms with Crippen LogP contribution in [0.25, 0.3) is 39.0 Å². The lowest BCUT2D eigenvalue weighted by Gasteiger charge is -2.20. The molecular formula is C35H26BrN5O2. The number of hydrazone groups is 1. The highest BCUT2D eigenvalue weighted by atomic mass is 79.9. The third kappa shape index (κ3) is 4.89. The van der Waals surface area contributed by atoms with E-state index in [-0.39, 0.29) is 11.5 Å². The minimum absolute atomic E-state index is 0.215. The summed E-state index contributed by atoms with van der Waals surface area (Å²) in [5.41, 5.74) is 6.62. The second-order valence-corrected chi connectivity index (χ2v) is 11.4. The number of H-pyrrole nitrogens is 1. The lowest BCUT2D eigenvalue weighted by Crippen LogP contribution is -2.24. The molecule has 0 radical (unpaired) electrons. The van der Waals surface area contributed by atoms with Crippen LogP contribution in [0.4, 0.5) is 0 Å². The first-order valence-corrected chi connectivity index (χ1v) is 14.8. The van der Waals surface area contributed by atoms with Crippen LogP contribution in [0.3, 0.4) is 0 Å². The first kappa shape index (κ1) is 26.8. The SMILES string of the molecule is CC(=O)N1N=C(c2c(-c3ccccc3)c3cc(Br)ccc3[nH]c2=O)C[C@@H]1c1cn(-c2ccccc2)nc1-c1ccccc1. The van der Waals surface area contributed by atoms with Gasteiger partial charge in [-0.3, -0.25) is 9.59 Å². The van der Waals surface area contributed by atoms with E-state index in [0.717, 1.165) is 49.0 Å². The zero-order chi connectivity index (χ0) is 29.5. The van der Waals surface area contributed by atoms with Gasteiger partial charge >= 0.3 is 0 Å². The molecule has 8 heteroatoms. The Morgan fingerprint density at radius 3 is 2.19 bits per heavy atom. The molecule has 0 unspecified atom stereocenters. The van der Waals surface area contributed by atoms with Gasteiger partial charge in [0.15, 0.2) is 0 Å². The van der Waals surface area contributed by atoms with Crippen molar-refractivity contribution in [1.29, 1.82) is 0 Å². The highest BCUT2D eigenvalue weighted by molar-refractivity contribution is 9.10. The largest absolute Gasteiger partial charge is 0.321 e. The fourth-order valence-corrected chi connectivity index (χ4v) is 6.16. The summed E-state index contributed by atoms with van der Waals surface area (Å²) in [6.07, 6.45) is 2.32. The predicted octanol–water partition coefficient (Wildman–Crippen LogP) is 7.51. The van der Waals surface area contributed by atoms with Crippen LogP contribution in [0.2, 0.25) is 0 Å². The Hall–Kier alpha value is -5.08. The molecule has 6 aromatic rings. The molecule has 1 amide bonds. The van der Waals surface area contributed by atoms with Crippen LogP contribution in [-0.2, 0) is 4.79 Å². The summed E-state index contributed by atoms with van der Waals surface area (Å²) in [4.78, 5) is 30.0. The number of rotatable bonds is 5. The van der Waals surface area contributed by atoms with Crippen molar-refractivity contribution >= 4 is 38.5 Å². The summed E-state index contributed by atoms with van der Waals surface area (Å²) < 4.78 is 2.73. The second kappa shape index (κ2) is 11.0. The van der Waals surface area contributed by atoms with Crippen molar-refractivity contribution < 1.29 is 4.79 Å². The van der Waals surface area contributed by atoms with Gasteiger partial charge in [0, 0.05) is 51.6 Å². The van der Waals surface area contributed by atoms with Crippen molar-refractivity contribution in [2.24, 2.45) is 5.10 Å². The fraction of sp³-hybridized carbons (Fsp3) is 0.0857. The summed E-state index contributed by atoms with van der Waals surface area (Å²) >= 11 is 3.60. The van der Waals surface area contributed by atoms with Crippen molar-refractivity contribution in [2.75, 3.05) is 0 Å². The lowest BCUT2D eigenvalue weighted by molar-refractivity contribution is -0.130. The fourth-order valence-electron chi connectivity index (χ4n) is 5.80. The average Bonchev–Trinajstić information content (AvgIpc) is 3.67. The number of halogens is 1. The van der Waals surface area contributed by atoms with Gasteiger partial charge in [-0.25, -0.2) is 9.69 Å². The monoisotopic (exact) mass is 627 g/mol. The quantitative estimate of drug-likeness (QED) is 0.215. The number of hydrogen-bond acceptors (Lipinski definition) is 4. The van der Waals surface area contributed by atoms with E-state index in [1.807, 2.05) is 120 Å². The summed E-state index contributed by atoms with van der Waals surface area (Å²) in [7, 11) is 0. The van der Waals surface area contributed by atoms with E-state index >= 15 is 0 Å². The van der Waals surface area contributed by atoms with E-state index in [1.54, 1.807) is 0 Å². The highest BCUT2D eigenvalue weighted by Crippen LogP contribution is 2.40. The Kier molecular flexibility index (Phi) is 6.83. The Morgan fingerprint density at radius 2 is 1.51 bits per heavy atom. The summed E-state index contributed by atoms with van der Waals surface area (Å²) in [5, 5.41) is 12.2. The average molecular weight is 629 g/mol. The molecule has 1 N–H and O–H groups in total. The number of benzene rings is 4. The summed E-state index contributed by atoms with van der Waals surface area (Å²) in [5.74, 6) is -0.215. The van der Waals surface area contributed by atoms with Crippen LogP contribution in [-0.4, -0.2) is 31.4 Å². The number of fused-ring (bicyclic) bond motifs is 1. The molecule has 210 valence electrons. The minimum atomic E-state index is -0.457. The molecule has 0 saturated heterocycles. The van der Waals surface area contributed by atoms with Crippen LogP contribution >= 0.6 is 15.9 Å². The van der Waals surface area contributed by atoms with E-state index in [1.165, 1.54) is 11.9 Å². The molecule has 1 aliphatic rings. The van der Waals surface area contributed by atoms with Crippen molar-refractivity contribution in [3.05, 3.63) is 141 Å². The third-order valence-corrected chi connectivity index (χ3v) is 8.22. The number of carbonyl (C=O) groups excluding carboxylic acids is 1. The predicted molar refractivity (Wildman–Crippen MR) is 173 cm³/mol. The van der Waals surface area contributed by atoms with Gasteiger partial charge in [-0.2, -0.15) is 10.2 Å². The topological polar surface area (TPSA) is 83.4 Å². The molecule has 0 bridgehead atoms. The standard InChI is InChI=1S/C35H26BrN5O2/c1-22(42)41-31(28-21-40(26-15-9-4-10-16-26)39-34(28)24-13-7-3-8-14-24)20-30(38-41)33-32(23-11-5-2-6-12-23)27-19-25(36)17-18-29(27)37-35(33)43/h2-19,21,31H,20H2,1H3,(H,37,43)/t31-/m1/s1. The van der Waals surface area contributed by atoms with Gasteiger partial charge in [-0.1, -0.05) is 94.8 Å². The molecule has 0 aliphatic carbocycles. The number of carbonyl (C=O) groups is 1. The molecule has 0 saturated carbocycles. The van der Waals surface area contributed by atoms with E-state index in [4.69, 9.17) is 10.2 Å². The van der Waals surface area contributed by atoms with Gasteiger partial charge in [0.05, 0.1) is 28.7 Å². The van der Waals surface area contributed by atoms with Gasteiger partial charge in [0.1, 0.15) is 0 Å². The normalized spacial score (nSPS) is 14.7. The van der Waals surface area contributed by atoms with Gasteiger partial charge in [-0.05, 0) is 35.9 Å². The van der Waals surface area contributed by atoms with Gasteiger partial charge in [-0.15, -0.1) is 0 Å². The van der Waals surface area contributed by atoms with Gasteiger partial charge in [0.25, 0.3) is 5.56 Å². The van der Waals surface area contributed by atoms with Crippen molar-refractivity contribution in [3.8, 4) is 28.1 Å². The van der Waals surface area contributed by atoms with Gasteiger partial charge < -0.3 is 4.98 Å². The number of para-hydroxylation sites is 1. The first-order chi connectivity index (χ1) is 21.0.